The van der Waals surface area contributed by atoms with Gasteiger partial charge in [0.05, 0.1) is 0 Å². The van der Waals surface area contributed by atoms with Crippen molar-refractivity contribution in [2.45, 2.75) is 18.9 Å². The maximum Gasteiger partial charge on any atom is 0.123 e. The quantitative estimate of drug-likeness (QED) is 0.655. The van der Waals surface area contributed by atoms with Crippen molar-refractivity contribution in [1.29, 1.82) is 0 Å². The first-order valence-corrected chi connectivity index (χ1v) is 6.53. The van der Waals surface area contributed by atoms with Gasteiger partial charge in [-0.1, -0.05) is 34.1 Å². The van der Waals surface area contributed by atoms with Gasteiger partial charge >= 0.3 is 0 Å². The summed E-state index contributed by atoms with van der Waals surface area (Å²) in [6.07, 6.45) is 2.52. The Morgan fingerprint density at radius 3 is 3.07 bits per heavy atom. The molecule has 2 nitrogen and oxygen atoms in total. The number of benzene rings is 1. The topological polar surface area (TPSA) is 21.3 Å². The molecule has 1 atom stereocenters. The Balaban J connectivity index is 1.76. The van der Waals surface area contributed by atoms with E-state index >= 15 is 0 Å². The standard InChI is InChI=1S/C12H16BrNO/c13-6-3-7-14-9-11-8-10-4-1-2-5-12(10)15-11/h1-2,4-5,11,14H,3,6-9H2. The minimum atomic E-state index is 0.317. The van der Waals surface area contributed by atoms with Gasteiger partial charge in [0.1, 0.15) is 11.9 Å². The van der Waals surface area contributed by atoms with Crippen molar-refractivity contribution in [3.63, 3.8) is 0 Å². The van der Waals surface area contributed by atoms with Crippen LogP contribution in [0.4, 0.5) is 0 Å². The van der Waals surface area contributed by atoms with Crippen LogP contribution in [0.2, 0.25) is 0 Å². The smallest absolute Gasteiger partial charge is 0.123 e. The summed E-state index contributed by atoms with van der Waals surface area (Å²) in [5.74, 6) is 1.06. The predicted octanol–water partition coefficient (Wildman–Crippen LogP) is 2.36. The normalized spacial score (nSPS) is 18.6. The molecule has 0 spiro atoms. The van der Waals surface area contributed by atoms with Gasteiger partial charge in [0.2, 0.25) is 0 Å². The van der Waals surface area contributed by atoms with Gasteiger partial charge in [-0.25, -0.2) is 0 Å². The molecule has 1 aliphatic rings. The summed E-state index contributed by atoms with van der Waals surface area (Å²) in [6.45, 7) is 2.00. The molecule has 1 N–H and O–H groups in total. The summed E-state index contributed by atoms with van der Waals surface area (Å²) >= 11 is 3.42. The Kier molecular flexibility index (Phi) is 4.03. The van der Waals surface area contributed by atoms with Crippen molar-refractivity contribution >= 4 is 15.9 Å². The van der Waals surface area contributed by atoms with Gasteiger partial charge in [0.15, 0.2) is 0 Å². The average molecular weight is 270 g/mol. The number of para-hydroxylation sites is 1. The molecule has 1 aromatic carbocycles. The molecule has 1 aromatic rings. The van der Waals surface area contributed by atoms with Crippen LogP contribution >= 0.6 is 15.9 Å². The fourth-order valence-electron chi connectivity index (χ4n) is 1.82. The van der Waals surface area contributed by atoms with E-state index in [2.05, 4.69) is 33.4 Å². The molecule has 3 heteroatoms. The van der Waals surface area contributed by atoms with E-state index in [9.17, 15) is 0 Å². The van der Waals surface area contributed by atoms with Crippen LogP contribution in [0.1, 0.15) is 12.0 Å². The maximum atomic E-state index is 5.81. The molecule has 0 bridgehead atoms. The van der Waals surface area contributed by atoms with Crippen LogP contribution in [0.15, 0.2) is 24.3 Å². The third-order valence-corrected chi connectivity index (χ3v) is 3.13. The predicted molar refractivity (Wildman–Crippen MR) is 65.8 cm³/mol. The van der Waals surface area contributed by atoms with Gasteiger partial charge < -0.3 is 10.1 Å². The van der Waals surface area contributed by atoms with Crippen LogP contribution in [-0.4, -0.2) is 24.5 Å². The van der Waals surface area contributed by atoms with E-state index in [0.29, 0.717) is 6.10 Å². The summed E-state index contributed by atoms with van der Waals surface area (Å²) in [5.41, 5.74) is 1.34. The van der Waals surface area contributed by atoms with Gasteiger partial charge in [-0.2, -0.15) is 0 Å². The van der Waals surface area contributed by atoms with Crippen LogP contribution in [0.5, 0.6) is 5.75 Å². The van der Waals surface area contributed by atoms with Crippen molar-refractivity contribution in [3.05, 3.63) is 29.8 Å². The summed E-state index contributed by atoms with van der Waals surface area (Å²) in [5, 5.41) is 4.47. The summed E-state index contributed by atoms with van der Waals surface area (Å²) in [7, 11) is 0. The van der Waals surface area contributed by atoms with Crippen LogP contribution < -0.4 is 10.1 Å². The van der Waals surface area contributed by atoms with Gasteiger partial charge in [-0.15, -0.1) is 0 Å². The molecule has 0 aliphatic carbocycles. The third-order valence-electron chi connectivity index (χ3n) is 2.57. The molecule has 15 heavy (non-hydrogen) atoms. The van der Waals surface area contributed by atoms with Crippen LogP contribution in [0, 0.1) is 0 Å². The number of halogens is 1. The Bertz CT molecular complexity index is 291. The molecule has 82 valence electrons. The van der Waals surface area contributed by atoms with Crippen molar-refractivity contribution in [3.8, 4) is 5.75 Å². The Hall–Kier alpha value is -0.540. The lowest BCUT2D eigenvalue weighted by molar-refractivity contribution is 0.228. The number of hydrogen-bond acceptors (Lipinski definition) is 2. The molecule has 1 heterocycles. The zero-order valence-corrected chi connectivity index (χ0v) is 10.3. The lowest BCUT2D eigenvalue weighted by Gasteiger charge is -2.11. The first kappa shape index (κ1) is 11.0. The molecule has 0 saturated carbocycles. The molecular weight excluding hydrogens is 254 g/mol. The molecule has 0 fully saturated rings. The second-order valence-electron chi connectivity index (χ2n) is 3.80. The minimum absolute atomic E-state index is 0.317. The van der Waals surface area contributed by atoms with E-state index in [1.54, 1.807) is 0 Å². The zero-order valence-electron chi connectivity index (χ0n) is 8.71. The van der Waals surface area contributed by atoms with Crippen molar-refractivity contribution in [2.75, 3.05) is 18.4 Å². The summed E-state index contributed by atoms with van der Waals surface area (Å²) < 4.78 is 5.81. The number of nitrogens with one attached hydrogen (secondary N) is 1. The molecule has 0 saturated heterocycles. The lowest BCUT2D eigenvalue weighted by atomic mass is 10.1. The number of hydrogen-bond donors (Lipinski definition) is 1. The third kappa shape index (κ3) is 2.95. The second kappa shape index (κ2) is 5.52. The minimum Gasteiger partial charge on any atom is -0.488 e. The molecule has 1 unspecified atom stereocenters. The van der Waals surface area contributed by atoms with E-state index in [4.69, 9.17) is 4.74 Å². The monoisotopic (exact) mass is 269 g/mol. The van der Waals surface area contributed by atoms with E-state index < -0.39 is 0 Å². The number of ether oxygens (including phenoxy) is 1. The maximum absolute atomic E-state index is 5.81. The summed E-state index contributed by atoms with van der Waals surface area (Å²) in [4.78, 5) is 0. The molecule has 0 radical (unpaired) electrons. The SMILES string of the molecule is BrCCCNCC1Cc2ccccc2O1. The number of alkyl halides is 1. The molecular formula is C12H16BrNO. The molecule has 0 amide bonds. The largest absolute Gasteiger partial charge is 0.488 e. The van der Waals surface area contributed by atoms with Gasteiger partial charge in [0.25, 0.3) is 0 Å². The lowest BCUT2D eigenvalue weighted by Crippen LogP contribution is -2.30. The van der Waals surface area contributed by atoms with E-state index in [0.717, 1.165) is 30.6 Å². The highest BCUT2D eigenvalue weighted by molar-refractivity contribution is 9.09. The van der Waals surface area contributed by atoms with Crippen molar-refractivity contribution in [2.24, 2.45) is 0 Å². The van der Waals surface area contributed by atoms with Gasteiger partial charge in [-0.05, 0) is 24.6 Å². The first-order chi connectivity index (χ1) is 7.40. The van der Waals surface area contributed by atoms with Gasteiger partial charge in [-0.3, -0.25) is 0 Å². The highest BCUT2D eigenvalue weighted by Gasteiger charge is 2.21. The summed E-state index contributed by atoms with van der Waals surface area (Å²) in [6, 6.07) is 8.30. The van der Waals surface area contributed by atoms with Crippen LogP contribution in [0.25, 0.3) is 0 Å². The first-order valence-electron chi connectivity index (χ1n) is 5.41. The van der Waals surface area contributed by atoms with Crippen LogP contribution in [-0.2, 0) is 6.42 Å². The van der Waals surface area contributed by atoms with Gasteiger partial charge in [0, 0.05) is 18.3 Å². The average Bonchev–Trinajstić information content (AvgIpc) is 2.67. The Morgan fingerprint density at radius 2 is 2.27 bits per heavy atom. The number of rotatable bonds is 5. The van der Waals surface area contributed by atoms with Crippen molar-refractivity contribution in [1.82, 2.24) is 5.32 Å². The fraction of sp³-hybridized carbons (Fsp3) is 0.500. The number of fused-ring (bicyclic) bond motifs is 1. The highest BCUT2D eigenvalue weighted by atomic mass is 79.9. The fourth-order valence-corrected chi connectivity index (χ4v) is 2.10. The Labute approximate surface area is 99.1 Å². The highest BCUT2D eigenvalue weighted by Crippen LogP contribution is 2.27. The molecule has 2 rings (SSSR count). The molecule has 1 aliphatic heterocycles. The molecule has 0 aromatic heterocycles. The Morgan fingerprint density at radius 1 is 1.40 bits per heavy atom. The van der Waals surface area contributed by atoms with Crippen LogP contribution in [0.3, 0.4) is 0 Å². The van der Waals surface area contributed by atoms with E-state index in [-0.39, 0.29) is 0 Å². The van der Waals surface area contributed by atoms with Crippen molar-refractivity contribution < 1.29 is 4.74 Å². The van der Waals surface area contributed by atoms with E-state index in [1.807, 2.05) is 12.1 Å². The van der Waals surface area contributed by atoms with E-state index in [1.165, 1.54) is 12.0 Å². The zero-order chi connectivity index (χ0) is 10.5. The second-order valence-corrected chi connectivity index (χ2v) is 4.59.